The van der Waals surface area contributed by atoms with Crippen LogP contribution in [-0.2, 0) is 6.42 Å². The van der Waals surface area contributed by atoms with E-state index in [9.17, 15) is 9.59 Å². The van der Waals surface area contributed by atoms with Gasteiger partial charge >= 0.3 is 5.97 Å². The molecule has 0 radical (unpaired) electrons. The Morgan fingerprint density at radius 2 is 2.38 bits per heavy atom. The molecule has 13 heavy (non-hydrogen) atoms. The van der Waals surface area contributed by atoms with Crippen LogP contribution in [0.15, 0.2) is 10.9 Å². The van der Waals surface area contributed by atoms with Crippen molar-refractivity contribution >= 4 is 5.97 Å². The van der Waals surface area contributed by atoms with Gasteiger partial charge in [-0.25, -0.2) is 9.78 Å². The number of H-pyrrole nitrogens is 1. The highest BCUT2D eigenvalue weighted by molar-refractivity contribution is 5.82. The largest absolute Gasteiger partial charge is 0.475 e. The van der Waals surface area contributed by atoms with E-state index >= 15 is 0 Å². The lowest BCUT2D eigenvalue weighted by molar-refractivity contribution is 0.0682. The smallest absolute Gasteiger partial charge is 0.372 e. The fourth-order valence-corrected chi connectivity index (χ4v) is 0.993. The number of aryl methyl sites for hydroxylation is 1. The van der Waals surface area contributed by atoms with Gasteiger partial charge in [-0.05, 0) is 6.42 Å². The van der Waals surface area contributed by atoms with Crippen LogP contribution < -0.4 is 5.56 Å². The van der Waals surface area contributed by atoms with Gasteiger partial charge in [0, 0.05) is 11.8 Å². The standard InChI is InChI=1S/C8H10N2O3/c1-2-3-5-4-6(11)10-7(9-5)8(12)13/h4H,2-3H2,1H3,(H,12,13)(H,9,10,11). The zero-order valence-corrected chi connectivity index (χ0v) is 7.20. The predicted molar refractivity (Wildman–Crippen MR) is 45.8 cm³/mol. The predicted octanol–water partition coefficient (Wildman–Crippen LogP) is 0.421. The monoisotopic (exact) mass is 182 g/mol. The number of aromatic amines is 1. The lowest BCUT2D eigenvalue weighted by atomic mass is 10.2. The van der Waals surface area contributed by atoms with Gasteiger partial charge < -0.3 is 10.1 Å². The average Bonchev–Trinajstić information content (AvgIpc) is 2.03. The second kappa shape index (κ2) is 3.84. The van der Waals surface area contributed by atoms with Crippen LogP contribution in [0.25, 0.3) is 0 Å². The van der Waals surface area contributed by atoms with Crippen LogP contribution in [0.1, 0.15) is 29.7 Å². The minimum atomic E-state index is -1.21. The number of carbonyl (C=O) groups is 1. The molecule has 0 saturated carbocycles. The minimum Gasteiger partial charge on any atom is -0.475 e. The first-order valence-electron chi connectivity index (χ1n) is 3.97. The van der Waals surface area contributed by atoms with Crippen LogP contribution in [0.3, 0.4) is 0 Å². The van der Waals surface area contributed by atoms with Gasteiger partial charge in [-0.3, -0.25) is 4.79 Å². The first kappa shape index (κ1) is 9.44. The van der Waals surface area contributed by atoms with E-state index in [-0.39, 0.29) is 5.82 Å². The van der Waals surface area contributed by atoms with E-state index in [4.69, 9.17) is 5.11 Å². The van der Waals surface area contributed by atoms with Gasteiger partial charge in [-0.2, -0.15) is 0 Å². The van der Waals surface area contributed by atoms with Crippen molar-refractivity contribution in [1.82, 2.24) is 9.97 Å². The topological polar surface area (TPSA) is 83.0 Å². The van der Waals surface area contributed by atoms with Crippen molar-refractivity contribution in [3.8, 4) is 0 Å². The van der Waals surface area contributed by atoms with Gasteiger partial charge in [-0.1, -0.05) is 13.3 Å². The van der Waals surface area contributed by atoms with Crippen molar-refractivity contribution in [1.29, 1.82) is 0 Å². The molecule has 0 atom stereocenters. The fourth-order valence-electron chi connectivity index (χ4n) is 0.993. The molecule has 0 aliphatic rings. The number of nitrogens with zero attached hydrogens (tertiary/aromatic N) is 1. The molecule has 0 spiro atoms. The summed E-state index contributed by atoms with van der Waals surface area (Å²) in [5.74, 6) is -1.51. The Hall–Kier alpha value is -1.65. The highest BCUT2D eigenvalue weighted by Gasteiger charge is 2.06. The molecule has 1 heterocycles. The number of nitrogens with one attached hydrogen (secondary N) is 1. The molecular weight excluding hydrogens is 172 g/mol. The van der Waals surface area contributed by atoms with Crippen LogP contribution in [-0.4, -0.2) is 21.0 Å². The van der Waals surface area contributed by atoms with Crippen molar-refractivity contribution in [3.63, 3.8) is 0 Å². The molecule has 2 N–H and O–H groups in total. The van der Waals surface area contributed by atoms with Crippen molar-refractivity contribution in [2.45, 2.75) is 19.8 Å². The molecular formula is C8H10N2O3. The highest BCUT2D eigenvalue weighted by atomic mass is 16.4. The second-order valence-corrected chi connectivity index (χ2v) is 2.64. The summed E-state index contributed by atoms with van der Waals surface area (Å²) < 4.78 is 0. The van der Waals surface area contributed by atoms with Gasteiger partial charge in [0.05, 0.1) is 0 Å². The van der Waals surface area contributed by atoms with Crippen LogP contribution in [0.5, 0.6) is 0 Å². The lowest BCUT2D eigenvalue weighted by Crippen LogP contribution is -2.16. The minimum absolute atomic E-state index is 0.295. The normalized spacial score (nSPS) is 9.92. The summed E-state index contributed by atoms with van der Waals surface area (Å²) >= 11 is 0. The lowest BCUT2D eigenvalue weighted by Gasteiger charge is -1.98. The fraction of sp³-hybridized carbons (Fsp3) is 0.375. The molecule has 1 rings (SSSR count). The van der Waals surface area contributed by atoms with Crippen molar-refractivity contribution in [3.05, 3.63) is 27.9 Å². The summed E-state index contributed by atoms with van der Waals surface area (Å²) in [5.41, 5.74) is 0.0968. The Morgan fingerprint density at radius 3 is 2.92 bits per heavy atom. The number of aromatic carboxylic acids is 1. The van der Waals surface area contributed by atoms with Crippen molar-refractivity contribution in [2.24, 2.45) is 0 Å². The average molecular weight is 182 g/mol. The van der Waals surface area contributed by atoms with Crippen LogP contribution in [0.2, 0.25) is 0 Å². The Kier molecular flexibility index (Phi) is 2.79. The third-order valence-corrected chi connectivity index (χ3v) is 1.50. The van der Waals surface area contributed by atoms with Crippen LogP contribution >= 0.6 is 0 Å². The number of rotatable bonds is 3. The van der Waals surface area contributed by atoms with Gasteiger partial charge in [0.1, 0.15) is 0 Å². The van der Waals surface area contributed by atoms with Gasteiger partial charge in [0.25, 0.3) is 5.56 Å². The van der Waals surface area contributed by atoms with Crippen molar-refractivity contribution in [2.75, 3.05) is 0 Å². The first-order chi connectivity index (χ1) is 6.13. The van der Waals surface area contributed by atoms with Gasteiger partial charge in [0.15, 0.2) is 0 Å². The maximum Gasteiger partial charge on any atom is 0.372 e. The second-order valence-electron chi connectivity index (χ2n) is 2.64. The molecule has 5 nitrogen and oxygen atoms in total. The summed E-state index contributed by atoms with van der Waals surface area (Å²) in [6.45, 7) is 1.93. The Morgan fingerprint density at radius 1 is 1.69 bits per heavy atom. The van der Waals surface area contributed by atoms with E-state index in [1.807, 2.05) is 6.92 Å². The number of hydrogen-bond acceptors (Lipinski definition) is 3. The molecule has 0 fully saturated rings. The molecule has 0 amide bonds. The zero-order valence-electron chi connectivity index (χ0n) is 7.20. The summed E-state index contributed by atoms with van der Waals surface area (Å²) in [6.07, 6.45) is 1.44. The van der Waals surface area contributed by atoms with Gasteiger partial charge in [0.2, 0.25) is 5.82 Å². The molecule has 0 saturated heterocycles. The van der Waals surface area contributed by atoms with E-state index in [1.165, 1.54) is 6.07 Å². The molecule has 0 aliphatic heterocycles. The van der Waals surface area contributed by atoms with E-state index in [0.29, 0.717) is 12.1 Å². The molecule has 70 valence electrons. The Bertz CT molecular complexity index is 370. The van der Waals surface area contributed by atoms with E-state index in [0.717, 1.165) is 6.42 Å². The Labute approximate surface area is 74.4 Å². The van der Waals surface area contributed by atoms with Gasteiger partial charge in [-0.15, -0.1) is 0 Å². The number of aromatic nitrogens is 2. The number of carboxylic acid groups (broad SMARTS) is 1. The maximum atomic E-state index is 10.9. The SMILES string of the molecule is CCCc1cc(=O)[nH]c(C(=O)O)n1. The summed E-state index contributed by atoms with van der Waals surface area (Å²) in [7, 11) is 0. The van der Waals surface area contributed by atoms with Crippen LogP contribution in [0.4, 0.5) is 0 Å². The zero-order chi connectivity index (χ0) is 9.84. The van der Waals surface area contributed by atoms with E-state index in [2.05, 4.69) is 9.97 Å². The quantitative estimate of drug-likeness (QED) is 0.709. The summed E-state index contributed by atoms with van der Waals surface area (Å²) in [4.78, 5) is 27.3. The molecule has 5 heteroatoms. The molecule has 1 aromatic heterocycles. The van der Waals surface area contributed by atoms with Crippen LogP contribution in [0, 0.1) is 0 Å². The third kappa shape index (κ3) is 2.40. The third-order valence-electron chi connectivity index (χ3n) is 1.50. The molecule has 0 bridgehead atoms. The molecule has 1 aromatic rings. The maximum absolute atomic E-state index is 10.9. The van der Waals surface area contributed by atoms with Crippen molar-refractivity contribution < 1.29 is 9.90 Å². The van der Waals surface area contributed by atoms with E-state index < -0.39 is 11.5 Å². The molecule has 0 aliphatic carbocycles. The Balaban J connectivity index is 3.11. The molecule has 0 aromatic carbocycles. The number of hydrogen-bond donors (Lipinski definition) is 2. The summed E-state index contributed by atoms with van der Waals surface area (Å²) in [5, 5.41) is 8.57. The first-order valence-corrected chi connectivity index (χ1v) is 3.97. The number of carboxylic acids is 1. The summed E-state index contributed by atoms with van der Waals surface area (Å²) in [6, 6.07) is 1.32. The molecule has 0 unspecified atom stereocenters. The highest BCUT2D eigenvalue weighted by Crippen LogP contribution is 1.96. The van der Waals surface area contributed by atoms with E-state index in [1.54, 1.807) is 0 Å².